The average Bonchev–Trinajstić information content (AvgIpc) is 2.33. The van der Waals surface area contributed by atoms with E-state index in [1.54, 1.807) is 0 Å². The van der Waals surface area contributed by atoms with Gasteiger partial charge >= 0.3 is 105 Å². The molecule has 1 aliphatic heterocycles. The van der Waals surface area contributed by atoms with Crippen LogP contribution in [0.5, 0.6) is 0 Å². The summed E-state index contributed by atoms with van der Waals surface area (Å²) in [5, 5.41) is 1.12. The van der Waals surface area contributed by atoms with E-state index in [4.69, 9.17) is 9.05 Å². The Kier molecular flexibility index (Phi) is 2.98. The van der Waals surface area contributed by atoms with Gasteiger partial charge in [0, 0.05) is 0 Å². The van der Waals surface area contributed by atoms with E-state index in [0.717, 1.165) is 5.30 Å². The molecule has 0 saturated carbocycles. The Morgan fingerprint density at radius 3 is 1.81 bits per heavy atom. The molecule has 16 heavy (non-hydrogen) atoms. The van der Waals surface area contributed by atoms with Gasteiger partial charge in [-0.3, -0.25) is 0 Å². The molecule has 0 aliphatic carbocycles. The van der Waals surface area contributed by atoms with Gasteiger partial charge in [-0.05, 0) is 0 Å². The molecular formula is C12H17O2PSe. The molecule has 0 radical (unpaired) electrons. The van der Waals surface area contributed by atoms with Gasteiger partial charge in [-0.2, -0.15) is 0 Å². The van der Waals surface area contributed by atoms with Crippen molar-refractivity contribution in [2.45, 2.75) is 38.9 Å². The molecule has 0 unspecified atom stereocenters. The van der Waals surface area contributed by atoms with Crippen molar-refractivity contribution in [1.82, 2.24) is 0 Å². The molecule has 0 spiro atoms. The van der Waals surface area contributed by atoms with Gasteiger partial charge in [0.05, 0.1) is 0 Å². The molecule has 88 valence electrons. The summed E-state index contributed by atoms with van der Waals surface area (Å²) in [6, 6.07) is 10.1. The van der Waals surface area contributed by atoms with Crippen molar-refractivity contribution in [3.63, 3.8) is 0 Å². The van der Waals surface area contributed by atoms with Gasteiger partial charge in [-0.15, -0.1) is 0 Å². The van der Waals surface area contributed by atoms with E-state index in [2.05, 4.69) is 54.9 Å². The average molecular weight is 303 g/mol. The van der Waals surface area contributed by atoms with Crippen LogP contribution in [0.3, 0.4) is 0 Å². The fourth-order valence-corrected chi connectivity index (χ4v) is 7.09. The van der Waals surface area contributed by atoms with E-state index in [9.17, 15) is 0 Å². The van der Waals surface area contributed by atoms with E-state index in [-0.39, 0.29) is 11.2 Å². The molecule has 2 rings (SSSR count). The van der Waals surface area contributed by atoms with Gasteiger partial charge in [0.25, 0.3) is 0 Å². The number of benzene rings is 1. The number of hydrogen-bond donors (Lipinski definition) is 0. The van der Waals surface area contributed by atoms with E-state index in [1.165, 1.54) is 0 Å². The van der Waals surface area contributed by atoms with Crippen molar-refractivity contribution in [2.24, 2.45) is 0 Å². The number of rotatable bonds is 1. The van der Waals surface area contributed by atoms with Crippen molar-refractivity contribution in [3.05, 3.63) is 30.3 Å². The molecule has 0 amide bonds. The molecule has 0 N–H and O–H groups in total. The third kappa shape index (κ3) is 1.96. The normalized spacial score (nSPS) is 25.5. The molecule has 1 fully saturated rings. The molecule has 1 aromatic rings. The van der Waals surface area contributed by atoms with E-state index in [0.29, 0.717) is 0 Å². The van der Waals surface area contributed by atoms with Gasteiger partial charge in [0.1, 0.15) is 0 Å². The van der Waals surface area contributed by atoms with Crippen molar-refractivity contribution in [2.75, 3.05) is 0 Å². The van der Waals surface area contributed by atoms with Crippen LogP contribution >= 0.6 is 5.96 Å². The van der Waals surface area contributed by atoms with E-state index >= 15 is 0 Å². The molecule has 0 bridgehead atoms. The first-order valence-electron chi connectivity index (χ1n) is 5.34. The fraction of sp³-hybridized carbons (Fsp3) is 0.500. The van der Waals surface area contributed by atoms with Gasteiger partial charge in [-0.25, -0.2) is 0 Å². The topological polar surface area (TPSA) is 18.5 Å². The first-order chi connectivity index (χ1) is 7.27. The second-order valence-electron chi connectivity index (χ2n) is 5.04. The van der Waals surface area contributed by atoms with Gasteiger partial charge in [0.15, 0.2) is 0 Å². The maximum absolute atomic E-state index is 6.17. The first kappa shape index (κ1) is 12.5. The number of hydrogen-bond acceptors (Lipinski definition) is 2. The van der Waals surface area contributed by atoms with Crippen LogP contribution in [-0.4, -0.2) is 26.3 Å². The second kappa shape index (κ2) is 3.80. The van der Waals surface area contributed by atoms with Crippen LogP contribution in [-0.2, 0) is 9.05 Å². The zero-order valence-corrected chi connectivity index (χ0v) is 12.7. The first-order valence-corrected chi connectivity index (χ1v) is 9.18. The van der Waals surface area contributed by atoms with Gasteiger partial charge < -0.3 is 0 Å². The minimum absolute atomic E-state index is 0.276. The SMILES string of the molecule is CC1(C)OP(=[Se])(c2ccccc2)OC1(C)C. The standard InChI is InChI=1S/C12H17O2PSe/c1-11(2)12(3,4)14-15(16,13-11)10-8-6-5-7-9-10/h5-9H,1-4H3. The summed E-state index contributed by atoms with van der Waals surface area (Å²) in [6.45, 7) is 8.31. The van der Waals surface area contributed by atoms with Crippen LogP contribution in [0.2, 0.25) is 0 Å². The molecule has 0 aromatic heterocycles. The van der Waals surface area contributed by atoms with Gasteiger partial charge in [0.2, 0.25) is 0 Å². The molecule has 1 heterocycles. The molecular weight excluding hydrogens is 286 g/mol. The summed E-state index contributed by atoms with van der Waals surface area (Å²) < 4.78 is 12.3. The zero-order valence-electron chi connectivity index (χ0n) is 10.1. The molecule has 2 nitrogen and oxygen atoms in total. The Hall–Kier alpha value is 0.0895. The van der Waals surface area contributed by atoms with Crippen molar-refractivity contribution in [1.29, 1.82) is 0 Å². The van der Waals surface area contributed by atoms with E-state index < -0.39 is 5.96 Å². The summed E-state index contributed by atoms with van der Waals surface area (Å²) in [7, 11) is 0. The van der Waals surface area contributed by atoms with Crippen LogP contribution in [0.1, 0.15) is 27.7 Å². The predicted molar refractivity (Wildman–Crippen MR) is 69.1 cm³/mol. The van der Waals surface area contributed by atoms with Crippen LogP contribution in [0.25, 0.3) is 0 Å². The van der Waals surface area contributed by atoms with Crippen molar-refractivity contribution in [3.8, 4) is 0 Å². The Bertz CT molecular complexity index is 420. The van der Waals surface area contributed by atoms with Crippen LogP contribution in [0.15, 0.2) is 30.3 Å². The molecule has 1 saturated heterocycles. The summed E-state index contributed by atoms with van der Waals surface area (Å²) in [4.78, 5) is 0. The second-order valence-corrected chi connectivity index (χ2v) is 9.94. The Morgan fingerprint density at radius 2 is 1.38 bits per heavy atom. The van der Waals surface area contributed by atoms with Crippen LogP contribution < -0.4 is 5.30 Å². The maximum atomic E-state index is 6.17. The monoisotopic (exact) mass is 304 g/mol. The summed E-state index contributed by atoms with van der Waals surface area (Å²) in [6.07, 6.45) is 0. The molecule has 0 atom stereocenters. The third-order valence-corrected chi connectivity index (χ3v) is 7.81. The predicted octanol–water partition coefficient (Wildman–Crippen LogP) is 2.85. The molecule has 4 heteroatoms. The summed E-state index contributed by atoms with van der Waals surface area (Å²) in [5.41, 5.74) is -0.552. The van der Waals surface area contributed by atoms with Gasteiger partial charge in [-0.1, -0.05) is 0 Å². The van der Waals surface area contributed by atoms with E-state index in [1.807, 2.05) is 18.2 Å². The van der Waals surface area contributed by atoms with Crippen molar-refractivity contribution >= 4 is 26.4 Å². The fourth-order valence-electron chi connectivity index (χ4n) is 1.56. The molecule has 1 aromatic carbocycles. The Balaban J connectivity index is 2.42. The Labute approximate surface area is 105 Å². The quantitative estimate of drug-likeness (QED) is 0.587. The van der Waals surface area contributed by atoms with Crippen LogP contribution in [0, 0.1) is 0 Å². The van der Waals surface area contributed by atoms with Crippen molar-refractivity contribution < 1.29 is 9.05 Å². The molecule has 1 aliphatic rings. The summed E-state index contributed by atoms with van der Waals surface area (Å²) in [5.74, 6) is -2.04. The zero-order chi connectivity index (χ0) is 12.0. The Morgan fingerprint density at radius 1 is 0.938 bits per heavy atom. The summed E-state index contributed by atoms with van der Waals surface area (Å²) >= 11 is 3.15. The third-order valence-electron chi connectivity index (χ3n) is 3.22. The van der Waals surface area contributed by atoms with Crippen LogP contribution in [0.4, 0.5) is 0 Å². The minimum atomic E-state index is -2.04.